The number of fused-ring (bicyclic) bond motifs is 1. The Morgan fingerprint density at radius 1 is 1.20 bits per heavy atom. The fourth-order valence-corrected chi connectivity index (χ4v) is 4.14. The molecule has 1 fully saturated rings. The molecule has 4 N–H and O–H groups in total. The number of carbonyl (C=O) groups excluding carboxylic acids is 1. The monoisotopic (exact) mass is 407 g/mol. The second-order valence-electron chi connectivity index (χ2n) is 7.82. The molecule has 0 atom stereocenters. The molecule has 2 aliphatic rings. The van der Waals surface area contributed by atoms with Crippen LogP contribution in [0.25, 0.3) is 5.57 Å². The van der Waals surface area contributed by atoms with Crippen LogP contribution in [0.1, 0.15) is 37.3 Å². The van der Waals surface area contributed by atoms with Gasteiger partial charge >= 0.3 is 0 Å². The summed E-state index contributed by atoms with van der Waals surface area (Å²) in [7, 11) is 0. The Kier molecular flexibility index (Phi) is 5.41. The minimum Gasteiger partial charge on any atom is -0.399 e. The molecule has 30 heavy (non-hydrogen) atoms. The molecule has 0 aliphatic carbocycles. The van der Waals surface area contributed by atoms with Gasteiger partial charge in [-0.15, -0.1) is 0 Å². The predicted octanol–water partition coefficient (Wildman–Crippen LogP) is 3.96. The van der Waals surface area contributed by atoms with Crippen LogP contribution in [0.15, 0.2) is 42.1 Å². The zero-order chi connectivity index (χ0) is 21.3. The van der Waals surface area contributed by atoms with Gasteiger partial charge in [0.1, 0.15) is 0 Å². The molecule has 0 unspecified atom stereocenters. The van der Waals surface area contributed by atoms with Crippen LogP contribution in [0.2, 0.25) is 0 Å². The first kappa shape index (κ1) is 19.9. The van der Waals surface area contributed by atoms with Crippen molar-refractivity contribution in [2.24, 2.45) is 0 Å². The largest absolute Gasteiger partial charge is 0.399 e. The number of nitrogen functional groups attached to an aromatic ring is 1. The molecule has 156 valence electrons. The second-order valence-corrected chi connectivity index (χ2v) is 7.82. The number of rotatable bonds is 5. The van der Waals surface area contributed by atoms with E-state index in [4.69, 9.17) is 5.73 Å². The summed E-state index contributed by atoms with van der Waals surface area (Å²) in [5, 5.41) is 17.7. The Bertz CT molecular complexity index is 1040. The van der Waals surface area contributed by atoms with Crippen molar-refractivity contribution < 1.29 is 9.72 Å². The number of amides is 1. The first-order chi connectivity index (χ1) is 14.4. The number of nitrogens with two attached hydrogens (primary N) is 1. The van der Waals surface area contributed by atoms with E-state index in [-0.39, 0.29) is 16.5 Å². The van der Waals surface area contributed by atoms with Gasteiger partial charge < -0.3 is 16.4 Å². The standard InChI is InChI=1S/C22H25N5O3/c1-14(21-18-11-16(23)6-8-19(18)25-22(21)28)24-17-7-5-15(20(12-17)27(29)30)13-26-9-3-2-4-10-26/h5-8,11-12,24H,2-4,9-10,13,23H2,1H3,(H,25,28)/b21-14-. The number of likely N-dealkylation sites (tertiary alicyclic amines) is 1. The van der Waals surface area contributed by atoms with Crippen molar-refractivity contribution in [3.05, 3.63) is 63.3 Å². The minimum absolute atomic E-state index is 0.0869. The topological polar surface area (TPSA) is 114 Å². The Balaban J connectivity index is 1.61. The van der Waals surface area contributed by atoms with E-state index >= 15 is 0 Å². The summed E-state index contributed by atoms with van der Waals surface area (Å²) in [6.07, 6.45) is 3.49. The maximum absolute atomic E-state index is 12.5. The molecule has 0 radical (unpaired) electrons. The van der Waals surface area contributed by atoms with Crippen LogP contribution in [0, 0.1) is 10.1 Å². The van der Waals surface area contributed by atoms with Crippen LogP contribution in [0.4, 0.5) is 22.7 Å². The van der Waals surface area contributed by atoms with E-state index in [0.717, 1.165) is 31.5 Å². The van der Waals surface area contributed by atoms with E-state index in [1.807, 2.05) is 6.07 Å². The van der Waals surface area contributed by atoms with Crippen molar-refractivity contribution in [2.75, 3.05) is 29.5 Å². The van der Waals surface area contributed by atoms with Crippen molar-refractivity contribution in [3.8, 4) is 0 Å². The van der Waals surface area contributed by atoms with Gasteiger partial charge in [0.2, 0.25) is 0 Å². The SMILES string of the molecule is C/C(Nc1ccc(CN2CCCCC2)c([N+](=O)[O-])c1)=C1/C(=O)Nc2ccc(N)cc21. The molecule has 0 saturated carbocycles. The molecule has 8 nitrogen and oxygen atoms in total. The van der Waals surface area contributed by atoms with Crippen molar-refractivity contribution in [1.82, 2.24) is 4.90 Å². The first-order valence-corrected chi connectivity index (χ1v) is 10.1. The molecule has 0 spiro atoms. The number of carbonyl (C=O) groups is 1. The van der Waals surface area contributed by atoms with Gasteiger partial charge in [-0.1, -0.05) is 6.42 Å². The summed E-state index contributed by atoms with van der Waals surface area (Å²) >= 11 is 0. The third kappa shape index (κ3) is 3.99. The lowest BCUT2D eigenvalue weighted by Crippen LogP contribution is -2.29. The summed E-state index contributed by atoms with van der Waals surface area (Å²) in [4.78, 5) is 26.1. The highest BCUT2D eigenvalue weighted by Gasteiger charge is 2.27. The summed E-state index contributed by atoms with van der Waals surface area (Å²) in [5.74, 6) is -0.225. The van der Waals surface area contributed by atoms with Gasteiger partial charge in [0.25, 0.3) is 11.6 Å². The van der Waals surface area contributed by atoms with Crippen molar-refractivity contribution in [2.45, 2.75) is 32.7 Å². The predicted molar refractivity (Wildman–Crippen MR) is 118 cm³/mol. The maximum atomic E-state index is 12.5. The highest BCUT2D eigenvalue weighted by atomic mass is 16.6. The van der Waals surface area contributed by atoms with E-state index in [0.29, 0.717) is 40.4 Å². The van der Waals surface area contributed by atoms with Crippen LogP contribution in [0.5, 0.6) is 0 Å². The molecule has 0 bridgehead atoms. The second kappa shape index (κ2) is 8.16. The number of hydrogen-bond acceptors (Lipinski definition) is 6. The van der Waals surface area contributed by atoms with Gasteiger partial charge in [0.15, 0.2) is 0 Å². The van der Waals surface area contributed by atoms with E-state index < -0.39 is 0 Å². The molecule has 0 aromatic heterocycles. The summed E-state index contributed by atoms with van der Waals surface area (Å²) in [6, 6.07) is 10.4. The van der Waals surface area contributed by atoms with E-state index in [2.05, 4.69) is 15.5 Å². The van der Waals surface area contributed by atoms with E-state index in [9.17, 15) is 14.9 Å². The van der Waals surface area contributed by atoms with E-state index in [1.54, 1.807) is 31.2 Å². The average Bonchev–Trinajstić information content (AvgIpc) is 3.04. The van der Waals surface area contributed by atoms with Gasteiger partial charge in [-0.25, -0.2) is 0 Å². The van der Waals surface area contributed by atoms with Crippen LogP contribution in [-0.2, 0) is 11.3 Å². The summed E-state index contributed by atoms with van der Waals surface area (Å²) in [6.45, 7) is 4.30. The molecular weight excluding hydrogens is 382 g/mol. The highest BCUT2D eigenvalue weighted by Crippen LogP contribution is 2.36. The summed E-state index contributed by atoms with van der Waals surface area (Å²) < 4.78 is 0. The lowest BCUT2D eigenvalue weighted by atomic mass is 10.0. The van der Waals surface area contributed by atoms with Gasteiger partial charge in [0.05, 0.1) is 10.5 Å². The molecule has 8 heteroatoms. The maximum Gasteiger partial charge on any atom is 0.275 e. The first-order valence-electron chi connectivity index (χ1n) is 10.1. The molecular formula is C22H25N5O3. The number of nitro benzene ring substituents is 1. The minimum atomic E-state index is -0.342. The smallest absolute Gasteiger partial charge is 0.275 e. The van der Waals surface area contributed by atoms with Crippen molar-refractivity contribution in [1.29, 1.82) is 0 Å². The van der Waals surface area contributed by atoms with Gasteiger partial charge in [-0.05, 0) is 63.2 Å². The molecule has 2 aliphatic heterocycles. The number of nitro groups is 1. The molecule has 1 saturated heterocycles. The average molecular weight is 407 g/mol. The number of allylic oxidation sites excluding steroid dienone is 1. The Morgan fingerprint density at radius 2 is 1.97 bits per heavy atom. The number of hydrogen-bond donors (Lipinski definition) is 3. The van der Waals surface area contributed by atoms with Gasteiger partial charge in [-0.3, -0.25) is 19.8 Å². The van der Waals surface area contributed by atoms with Crippen LogP contribution in [0.3, 0.4) is 0 Å². The third-order valence-corrected chi connectivity index (χ3v) is 5.62. The lowest BCUT2D eigenvalue weighted by Gasteiger charge is -2.26. The summed E-state index contributed by atoms with van der Waals surface area (Å²) in [5.41, 5.74) is 10.3. The molecule has 2 aromatic carbocycles. The quantitative estimate of drug-likeness (QED) is 0.299. The molecule has 2 heterocycles. The molecule has 4 rings (SSSR count). The van der Waals surface area contributed by atoms with Crippen molar-refractivity contribution in [3.63, 3.8) is 0 Å². The Labute approximate surface area is 174 Å². The molecule has 2 aromatic rings. The number of anilines is 3. The number of benzene rings is 2. The number of nitrogens with one attached hydrogen (secondary N) is 2. The van der Waals surface area contributed by atoms with Crippen LogP contribution >= 0.6 is 0 Å². The van der Waals surface area contributed by atoms with Crippen molar-refractivity contribution >= 4 is 34.2 Å². The highest BCUT2D eigenvalue weighted by molar-refractivity contribution is 6.32. The zero-order valence-electron chi connectivity index (χ0n) is 16.9. The number of nitrogens with zero attached hydrogens (tertiary/aromatic N) is 2. The van der Waals surface area contributed by atoms with Gasteiger partial charge in [-0.2, -0.15) is 0 Å². The van der Waals surface area contributed by atoms with E-state index in [1.165, 1.54) is 12.5 Å². The lowest BCUT2D eigenvalue weighted by molar-refractivity contribution is -0.385. The van der Waals surface area contributed by atoms with Crippen LogP contribution in [-0.4, -0.2) is 28.8 Å². The van der Waals surface area contributed by atoms with Crippen LogP contribution < -0.4 is 16.4 Å². The normalized spacial score (nSPS) is 18.0. The number of piperidine rings is 1. The van der Waals surface area contributed by atoms with Gasteiger partial charge in [0, 0.05) is 46.5 Å². The fourth-order valence-electron chi connectivity index (χ4n) is 4.14. The third-order valence-electron chi connectivity index (χ3n) is 5.62. The molecule has 1 amide bonds. The zero-order valence-corrected chi connectivity index (χ0v) is 16.9. The Morgan fingerprint density at radius 3 is 2.70 bits per heavy atom. The Hall–Kier alpha value is -3.39. The fraction of sp³-hybridized carbons (Fsp3) is 0.318.